The Morgan fingerprint density at radius 2 is 1.52 bits per heavy atom. The van der Waals surface area contributed by atoms with Gasteiger partial charge in [0.1, 0.15) is 5.75 Å². The molecule has 0 saturated carbocycles. The van der Waals surface area contributed by atoms with E-state index in [0.29, 0.717) is 16.3 Å². The van der Waals surface area contributed by atoms with Gasteiger partial charge < -0.3 is 4.74 Å². The first-order chi connectivity index (χ1) is 11.1. The molecule has 0 N–H and O–H groups in total. The fourth-order valence-corrected chi connectivity index (χ4v) is 2.39. The SMILES string of the molecule is Cc1cc(OC(=O)c2ccc(-c3ccccc3)cc2)ccc1Cl. The Labute approximate surface area is 140 Å². The Kier molecular flexibility index (Phi) is 4.45. The minimum absolute atomic E-state index is 0.383. The van der Waals surface area contributed by atoms with Gasteiger partial charge in [-0.05, 0) is 53.9 Å². The van der Waals surface area contributed by atoms with E-state index in [1.807, 2.05) is 49.4 Å². The average molecular weight is 323 g/mol. The van der Waals surface area contributed by atoms with E-state index in [9.17, 15) is 4.79 Å². The van der Waals surface area contributed by atoms with Crippen LogP contribution >= 0.6 is 11.6 Å². The number of carbonyl (C=O) groups excluding carboxylic acids is 1. The van der Waals surface area contributed by atoms with Crippen LogP contribution in [-0.4, -0.2) is 5.97 Å². The van der Waals surface area contributed by atoms with Crippen molar-refractivity contribution in [1.29, 1.82) is 0 Å². The van der Waals surface area contributed by atoms with E-state index < -0.39 is 0 Å². The number of carbonyl (C=O) groups is 1. The summed E-state index contributed by atoms with van der Waals surface area (Å²) in [7, 11) is 0. The zero-order valence-electron chi connectivity index (χ0n) is 12.6. The summed E-state index contributed by atoms with van der Waals surface area (Å²) < 4.78 is 5.38. The predicted molar refractivity (Wildman–Crippen MR) is 93.0 cm³/mol. The van der Waals surface area contributed by atoms with Gasteiger partial charge in [0.2, 0.25) is 0 Å². The van der Waals surface area contributed by atoms with Gasteiger partial charge in [0.05, 0.1) is 5.56 Å². The largest absolute Gasteiger partial charge is 0.423 e. The predicted octanol–water partition coefficient (Wildman–Crippen LogP) is 5.53. The zero-order chi connectivity index (χ0) is 16.2. The summed E-state index contributed by atoms with van der Waals surface area (Å²) in [5, 5.41) is 0.650. The smallest absolute Gasteiger partial charge is 0.343 e. The third-order valence-electron chi connectivity index (χ3n) is 3.57. The van der Waals surface area contributed by atoms with E-state index in [0.717, 1.165) is 16.7 Å². The highest BCUT2D eigenvalue weighted by molar-refractivity contribution is 6.31. The summed E-state index contributed by atoms with van der Waals surface area (Å²) in [4.78, 5) is 12.2. The van der Waals surface area contributed by atoms with Crippen molar-refractivity contribution in [2.75, 3.05) is 0 Å². The number of halogens is 1. The molecule has 114 valence electrons. The van der Waals surface area contributed by atoms with Crippen LogP contribution in [-0.2, 0) is 0 Å². The monoisotopic (exact) mass is 322 g/mol. The maximum atomic E-state index is 12.2. The second-order valence-electron chi connectivity index (χ2n) is 5.24. The first-order valence-electron chi connectivity index (χ1n) is 7.27. The lowest BCUT2D eigenvalue weighted by Gasteiger charge is -2.07. The van der Waals surface area contributed by atoms with Crippen LogP contribution in [0.5, 0.6) is 5.75 Å². The molecule has 0 aliphatic carbocycles. The highest BCUT2D eigenvalue weighted by Gasteiger charge is 2.09. The average Bonchev–Trinajstić information content (AvgIpc) is 2.59. The summed E-state index contributed by atoms with van der Waals surface area (Å²) in [5.74, 6) is 0.107. The first kappa shape index (κ1) is 15.3. The minimum atomic E-state index is -0.383. The second kappa shape index (κ2) is 6.67. The van der Waals surface area contributed by atoms with Crippen LogP contribution in [0.1, 0.15) is 15.9 Å². The lowest BCUT2D eigenvalue weighted by atomic mass is 10.0. The molecule has 0 saturated heterocycles. The lowest BCUT2D eigenvalue weighted by Crippen LogP contribution is -2.08. The van der Waals surface area contributed by atoms with Gasteiger partial charge in [0.25, 0.3) is 0 Å². The van der Waals surface area contributed by atoms with Crippen LogP contribution in [0.4, 0.5) is 0 Å². The van der Waals surface area contributed by atoms with E-state index >= 15 is 0 Å². The number of benzene rings is 3. The van der Waals surface area contributed by atoms with Gasteiger partial charge in [-0.2, -0.15) is 0 Å². The highest BCUT2D eigenvalue weighted by atomic mass is 35.5. The molecule has 3 rings (SSSR count). The molecule has 0 heterocycles. The molecule has 0 fully saturated rings. The van der Waals surface area contributed by atoms with Crippen molar-refractivity contribution in [2.24, 2.45) is 0 Å². The van der Waals surface area contributed by atoms with E-state index in [4.69, 9.17) is 16.3 Å². The number of aryl methyl sites for hydroxylation is 1. The Hall–Kier alpha value is -2.58. The molecule has 0 atom stereocenters. The molecule has 2 nitrogen and oxygen atoms in total. The van der Waals surface area contributed by atoms with Gasteiger partial charge in [0, 0.05) is 5.02 Å². The van der Waals surface area contributed by atoms with Crippen LogP contribution in [0, 0.1) is 6.92 Å². The minimum Gasteiger partial charge on any atom is -0.423 e. The molecule has 0 unspecified atom stereocenters. The highest BCUT2D eigenvalue weighted by Crippen LogP contribution is 2.23. The number of ether oxygens (including phenoxy) is 1. The van der Waals surface area contributed by atoms with Crippen molar-refractivity contribution in [1.82, 2.24) is 0 Å². The van der Waals surface area contributed by atoms with Crippen LogP contribution in [0.3, 0.4) is 0 Å². The fraction of sp³-hybridized carbons (Fsp3) is 0.0500. The normalized spacial score (nSPS) is 10.3. The molecular formula is C20H15ClO2. The van der Waals surface area contributed by atoms with Crippen LogP contribution < -0.4 is 4.74 Å². The van der Waals surface area contributed by atoms with Gasteiger partial charge in [-0.3, -0.25) is 0 Å². The van der Waals surface area contributed by atoms with Crippen molar-refractivity contribution in [3.63, 3.8) is 0 Å². The lowest BCUT2D eigenvalue weighted by molar-refractivity contribution is 0.0735. The van der Waals surface area contributed by atoms with Crippen LogP contribution in [0.25, 0.3) is 11.1 Å². The second-order valence-corrected chi connectivity index (χ2v) is 5.65. The number of esters is 1. The maximum absolute atomic E-state index is 12.2. The molecule has 0 aromatic heterocycles. The number of rotatable bonds is 3. The third kappa shape index (κ3) is 3.61. The summed E-state index contributed by atoms with van der Waals surface area (Å²) in [6.07, 6.45) is 0. The topological polar surface area (TPSA) is 26.3 Å². The quantitative estimate of drug-likeness (QED) is 0.468. The fourth-order valence-electron chi connectivity index (χ4n) is 2.28. The summed E-state index contributed by atoms with van der Waals surface area (Å²) in [6.45, 7) is 1.87. The molecule has 0 aliphatic rings. The van der Waals surface area contributed by atoms with Crippen molar-refractivity contribution in [2.45, 2.75) is 6.92 Å². The molecule has 0 bridgehead atoms. The van der Waals surface area contributed by atoms with Crippen molar-refractivity contribution in [3.8, 4) is 16.9 Å². The molecule has 3 heteroatoms. The van der Waals surface area contributed by atoms with Gasteiger partial charge in [0.15, 0.2) is 0 Å². The Morgan fingerprint density at radius 3 is 2.17 bits per heavy atom. The van der Waals surface area contributed by atoms with Gasteiger partial charge in [-0.25, -0.2) is 4.79 Å². The molecule has 0 amide bonds. The van der Waals surface area contributed by atoms with Crippen LogP contribution in [0.15, 0.2) is 72.8 Å². The number of hydrogen-bond donors (Lipinski definition) is 0. The van der Waals surface area contributed by atoms with Crippen LogP contribution in [0.2, 0.25) is 5.02 Å². The summed E-state index contributed by atoms with van der Waals surface area (Å²) in [6, 6.07) is 22.5. The Balaban J connectivity index is 1.76. The molecule has 0 aliphatic heterocycles. The van der Waals surface area contributed by atoms with Crippen molar-refractivity contribution >= 4 is 17.6 Å². The summed E-state index contributed by atoms with van der Waals surface area (Å²) in [5.41, 5.74) is 3.55. The Bertz CT molecular complexity index is 824. The van der Waals surface area contributed by atoms with Crippen molar-refractivity contribution < 1.29 is 9.53 Å². The van der Waals surface area contributed by atoms with Crippen molar-refractivity contribution in [3.05, 3.63) is 88.9 Å². The van der Waals surface area contributed by atoms with E-state index in [-0.39, 0.29) is 5.97 Å². The van der Waals surface area contributed by atoms with Gasteiger partial charge in [-0.15, -0.1) is 0 Å². The van der Waals surface area contributed by atoms with Gasteiger partial charge in [-0.1, -0.05) is 54.1 Å². The maximum Gasteiger partial charge on any atom is 0.343 e. The molecule has 0 radical (unpaired) electrons. The standard InChI is InChI=1S/C20H15ClO2/c1-14-13-18(11-12-19(14)21)23-20(22)17-9-7-16(8-10-17)15-5-3-2-4-6-15/h2-13H,1H3. The molecule has 3 aromatic rings. The molecular weight excluding hydrogens is 308 g/mol. The van der Waals surface area contributed by atoms with E-state index in [1.54, 1.807) is 30.3 Å². The van der Waals surface area contributed by atoms with E-state index in [1.165, 1.54) is 0 Å². The summed E-state index contributed by atoms with van der Waals surface area (Å²) >= 11 is 5.97. The molecule has 0 spiro atoms. The molecule has 23 heavy (non-hydrogen) atoms. The number of hydrogen-bond acceptors (Lipinski definition) is 2. The molecule has 3 aromatic carbocycles. The third-order valence-corrected chi connectivity index (χ3v) is 3.99. The zero-order valence-corrected chi connectivity index (χ0v) is 13.4. The van der Waals surface area contributed by atoms with E-state index in [2.05, 4.69) is 0 Å². The van der Waals surface area contributed by atoms with Gasteiger partial charge >= 0.3 is 5.97 Å². The Morgan fingerprint density at radius 1 is 0.870 bits per heavy atom. The first-order valence-corrected chi connectivity index (χ1v) is 7.65.